The minimum absolute atomic E-state index is 0.0344. The van der Waals surface area contributed by atoms with Gasteiger partial charge in [-0.15, -0.1) is 0 Å². The molecule has 1 unspecified atom stereocenters. The molecule has 2 aromatic carbocycles. The first-order valence-electron chi connectivity index (χ1n) is 9.88. The highest BCUT2D eigenvalue weighted by Crippen LogP contribution is 2.27. The van der Waals surface area contributed by atoms with E-state index in [-0.39, 0.29) is 11.8 Å². The fourth-order valence-electron chi connectivity index (χ4n) is 3.74. The number of imidazole rings is 1. The van der Waals surface area contributed by atoms with Crippen LogP contribution in [0, 0.1) is 0 Å². The molecule has 144 valence electrons. The molecule has 1 saturated heterocycles. The second-order valence-corrected chi connectivity index (χ2v) is 7.07. The number of nitrogens with one attached hydrogen (secondary N) is 1. The van der Waals surface area contributed by atoms with Crippen LogP contribution >= 0.6 is 0 Å². The van der Waals surface area contributed by atoms with Crippen molar-refractivity contribution in [2.45, 2.75) is 25.7 Å². The highest BCUT2D eigenvalue weighted by Gasteiger charge is 2.25. The van der Waals surface area contributed by atoms with Crippen molar-refractivity contribution < 1.29 is 9.53 Å². The average Bonchev–Trinajstić information content (AvgIpc) is 3.18. The number of carbonyl (C=O) groups is 1. The summed E-state index contributed by atoms with van der Waals surface area (Å²) in [6.07, 6.45) is 5.52. The zero-order valence-corrected chi connectivity index (χ0v) is 16.1. The molecule has 3 aromatic rings. The lowest BCUT2D eigenvalue weighted by atomic mass is 9.97. The second kappa shape index (κ2) is 8.30. The molecule has 0 bridgehead atoms. The number of fused-ring (bicyclic) bond motifs is 1. The van der Waals surface area contributed by atoms with E-state index >= 15 is 0 Å². The number of H-pyrrole nitrogens is 1. The van der Waals surface area contributed by atoms with Gasteiger partial charge in [-0.25, -0.2) is 4.98 Å². The molecule has 1 fully saturated rings. The Bertz CT molecular complexity index is 959. The molecule has 1 amide bonds. The number of para-hydroxylation sites is 3. The quantitative estimate of drug-likeness (QED) is 0.673. The molecule has 5 heteroatoms. The van der Waals surface area contributed by atoms with E-state index < -0.39 is 0 Å². The van der Waals surface area contributed by atoms with Gasteiger partial charge in [0.05, 0.1) is 17.6 Å². The van der Waals surface area contributed by atoms with Gasteiger partial charge in [0.1, 0.15) is 11.6 Å². The summed E-state index contributed by atoms with van der Waals surface area (Å²) in [5, 5.41) is 0. The van der Waals surface area contributed by atoms with Crippen molar-refractivity contribution in [2.75, 3.05) is 19.7 Å². The minimum Gasteiger partial charge on any atom is -0.493 e. The summed E-state index contributed by atoms with van der Waals surface area (Å²) in [5.74, 6) is 2.05. The Morgan fingerprint density at radius 2 is 2.07 bits per heavy atom. The summed E-state index contributed by atoms with van der Waals surface area (Å²) in [6, 6.07) is 15.8. The van der Waals surface area contributed by atoms with Gasteiger partial charge in [0, 0.05) is 30.6 Å². The van der Waals surface area contributed by atoms with Gasteiger partial charge < -0.3 is 14.6 Å². The van der Waals surface area contributed by atoms with Crippen molar-refractivity contribution in [3.05, 3.63) is 66.0 Å². The van der Waals surface area contributed by atoms with E-state index in [4.69, 9.17) is 9.72 Å². The number of carbonyl (C=O) groups excluding carboxylic acids is 1. The Morgan fingerprint density at radius 3 is 2.93 bits per heavy atom. The van der Waals surface area contributed by atoms with Crippen molar-refractivity contribution in [2.24, 2.45) is 0 Å². The van der Waals surface area contributed by atoms with Gasteiger partial charge in [0.2, 0.25) is 5.91 Å². The van der Waals surface area contributed by atoms with E-state index in [0.717, 1.165) is 47.6 Å². The number of likely N-dealkylation sites (tertiary alicyclic amines) is 1. The summed E-state index contributed by atoms with van der Waals surface area (Å²) in [4.78, 5) is 22.8. The third kappa shape index (κ3) is 3.93. The first kappa shape index (κ1) is 18.3. The van der Waals surface area contributed by atoms with Crippen LogP contribution in [0.5, 0.6) is 5.75 Å². The zero-order valence-electron chi connectivity index (χ0n) is 16.1. The van der Waals surface area contributed by atoms with Crippen LogP contribution in [0.25, 0.3) is 17.1 Å². The molecule has 0 saturated carbocycles. The third-order valence-electron chi connectivity index (χ3n) is 5.15. The summed E-state index contributed by atoms with van der Waals surface area (Å²) in [6.45, 7) is 4.03. The van der Waals surface area contributed by atoms with E-state index in [2.05, 4.69) is 4.98 Å². The Balaban J connectivity index is 1.46. The maximum atomic E-state index is 12.8. The van der Waals surface area contributed by atoms with Crippen LogP contribution in [0.3, 0.4) is 0 Å². The largest absolute Gasteiger partial charge is 0.493 e. The van der Waals surface area contributed by atoms with Crippen molar-refractivity contribution >= 4 is 23.0 Å². The van der Waals surface area contributed by atoms with Crippen LogP contribution in [-0.4, -0.2) is 40.5 Å². The second-order valence-electron chi connectivity index (χ2n) is 7.07. The molecule has 5 nitrogen and oxygen atoms in total. The molecule has 1 aliphatic heterocycles. The number of nitrogens with zero attached hydrogens (tertiary/aromatic N) is 2. The average molecular weight is 375 g/mol. The fourth-order valence-corrected chi connectivity index (χ4v) is 3.74. The van der Waals surface area contributed by atoms with E-state index in [0.29, 0.717) is 13.2 Å². The van der Waals surface area contributed by atoms with Gasteiger partial charge >= 0.3 is 0 Å². The van der Waals surface area contributed by atoms with E-state index in [9.17, 15) is 4.79 Å². The van der Waals surface area contributed by atoms with Gasteiger partial charge in [0.15, 0.2) is 0 Å². The molecular weight excluding hydrogens is 350 g/mol. The van der Waals surface area contributed by atoms with Crippen LogP contribution in [-0.2, 0) is 4.79 Å². The fraction of sp³-hybridized carbons (Fsp3) is 0.304. The first-order chi connectivity index (χ1) is 13.7. The number of rotatable bonds is 5. The molecule has 0 spiro atoms. The molecule has 2 heterocycles. The van der Waals surface area contributed by atoms with E-state index in [1.807, 2.05) is 66.4 Å². The van der Waals surface area contributed by atoms with Crippen molar-refractivity contribution in [1.29, 1.82) is 0 Å². The van der Waals surface area contributed by atoms with Gasteiger partial charge in [-0.3, -0.25) is 4.79 Å². The summed E-state index contributed by atoms with van der Waals surface area (Å²) < 4.78 is 5.63. The molecule has 1 aliphatic rings. The zero-order chi connectivity index (χ0) is 19.3. The van der Waals surface area contributed by atoms with E-state index in [1.165, 1.54) is 0 Å². The predicted molar refractivity (Wildman–Crippen MR) is 111 cm³/mol. The molecule has 1 atom stereocenters. The number of hydrogen-bond acceptors (Lipinski definition) is 3. The van der Waals surface area contributed by atoms with Gasteiger partial charge in [-0.1, -0.05) is 30.3 Å². The molecule has 0 aliphatic carbocycles. The molecule has 1 N–H and O–H groups in total. The lowest BCUT2D eigenvalue weighted by Crippen LogP contribution is -2.38. The summed E-state index contributed by atoms with van der Waals surface area (Å²) in [7, 11) is 0. The Morgan fingerprint density at radius 1 is 1.25 bits per heavy atom. The van der Waals surface area contributed by atoms with E-state index in [1.54, 1.807) is 6.08 Å². The number of piperidine rings is 1. The first-order valence-corrected chi connectivity index (χ1v) is 9.88. The van der Waals surface area contributed by atoms with Crippen LogP contribution in [0.2, 0.25) is 0 Å². The number of ether oxygens (including phenoxy) is 1. The smallest absolute Gasteiger partial charge is 0.246 e. The molecule has 4 rings (SSSR count). The number of hydrogen-bond donors (Lipinski definition) is 1. The monoisotopic (exact) mass is 375 g/mol. The van der Waals surface area contributed by atoms with Crippen LogP contribution in [0.15, 0.2) is 54.6 Å². The van der Waals surface area contributed by atoms with Crippen molar-refractivity contribution in [1.82, 2.24) is 14.9 Å². The molecule has 28 heavy (non-hydrogen) atoms. The lowest BCUT2D eigenvalue weighted by molar-refractivity contribution is -0.127. The Hall–Kier alpha value is -3.08. The Kier molecular flexibility index (Phi) is 5.42. The molecular formula is C23H25N3O2. The SMILES string of the molecule is CCOc1ccccc1/C=C/C(=O)N1CCCC(c2nc3ccccc3[nH]2)C1. The van der Waals surface area contributed by atoms with Crippen LogP contribution < -0.4 is 4.74 Å². The normalized spacial score (nSPS) is 17.3. The highest BCUT2D eigenvalue weighted by atomic mass is 16.5. The van der Waals surface area contributed by atoms with Gasteiger partial charge in [0.25, 0.3) is 0 Å². The maximum Gasteiger partial charge on any atom is 0.246 e. The number of benzene rings is 2. The molecule has 0 radical (unpaired) electrons. The summed E-state index contributed by atoms with van der Waals surface area (Å²) >= 11 is 0. The predicted octanol–water partition coefficient (Wildman–Crippen LogP) is 4.38. The maximum absolute atomic E-state index is 12.8. The highest BCUT2D eigenvalue weighted by molar-refractivity contribution is 5.92. The summed E-state index contributed by atoms with van der Waals surface area (Å²) in [5.41, 5.74) is 2.95. The molecule has 1 aromatic heterocycles. The topological polar surface area (TPSA) is 58.2 Å². The third-order valence-corrected chi connectivity index (χ3v) is 5.15. The van der Waals surface area contributed by atoms with Gasteiger partial charge in [-0.05, 0) is 44.0 Å². The van der Waals surface area contributed by atoms with Crippen LogP contribution in [0.1, 0.15) is 37.1 Å². The number of aromatic amines is 1. The Labute approximate surface area is 165 Å². The minimum atomic E-state index is 0.0344. The van der Waals surface area contributed by atoms with Crippen LogP contribution in [0.4, 0.5) is 0 Å². The standard InChI is InChI=1S/C23H25N3O2/c1-2-28-21-12-6-3-8-17(21)13-14-22(27)26-15-7-9-18(16-26)23-24-19-10-4-5-11-20(19)25-23/h3-6,8,10-14,18H,2,7,9,15-16H2,1H3,(H,24,25)/b14-13+. The van der Waals surface area contributed by atoms with Crippen molar-refractivity contribution in [3.63, 3.8) is 0 Å². The van der Waals surface area contributed by atoms with Gasteiger partial charge in [-0.2, -0.15) is 0 Å². The van der Waals surface area contributed by atoms with Crippen molar-refractivity contribution in [3.8, 4) is 5.75 Å². The number of aromatic nitrogens is 2. The number of amides is 1. The lowest BCUT2D eigenvalue weighted by Gasteiger charge is -2.31.